The highest BCUT2D eigenvalue weighted by Gasteiger charge is 2.01. The quantitative estimate of drug-likeness (QED) is 0.0480. The van der Waals surface area contributed by atoms with Crippen LogP contribution >= 0.6 is 0 Å². The molecule has 14 heteroatoms. The molecule has 0 amide bonds. The molecule has 0 bridgehead atoms. The zero-order valence-corrected chi connectivity index (χ0v) is 36.5. The summed E-state index contributed by atoms with van der Waals surface area (Å²) in [7, 11) is 0. The average molecular weight is 827 g/mol. The Labute approximate surface area is 347 Å². The molecule has 0 heterocycles. The molecule has 0 aliphatic rings. The molecule has 0 aliphatic heterocycles. The Kier molecular flexibility index (Phi) is 52.1. The van der Waals surface area contributed by atoms with Crippen molar-refractivity contribution in [1.82, 2.24) is 0 Å². The molecule has 14 nitrogen and oxygen atoms in total. The van der Waals surface area contributed by atoms with Crippen LogP contribution in [0.3, 0.4) is 0 Å². The number of esters is 1. The van der Waals surface area contributed by atoms with Crippen molar-refractivity contribution < 1.29 is 66.4 Å². The van der Waals surface area contributed by atoms with Crippen LogP contribution in [0.15, 0.2) is 0 Å². The number of ether oxygens (including phenoxy) is 13. The van der Waals surface area contributed by atoms with Crippen LogP contribution in [0.4, 0.5) is 0 Å². The molecule has 0 rings (SSSR count). The number of unbranched alkanes of at least 4 members (excludes halogenated alkanes) is 13. The summed E-state index contributed by atoms with van der Waals surface area (Å²) in [6, 6.07) is 0. The summed E-state index contributed by atoms with van der Waals surface area (Å²) in [5.74, 6) is -0.249. The Morgan fingerprint density at radius 2 is 0.474 bits per heavy atom. The van der Waals surface area contributed by atoms with Gasteiger partial charge in [0.05, 0.1) is 165 Å². The van der Waals surface area contributed by atoms with E-state index in [0.717, 1.165) is 13.0 Å². The molecule has 0 saturated heterocycles. The van der Waals surface area contributed by atoms with Crippen LogP contribution in [0.25, 0.3) is 0 Å². The molecule has 0 saturated carbocycles. The fourth-order valence-electron chi connectivity index (χ4n) is 5.31. The maximum absolute atomic E-state index is 11.2. The molecule has 0 unspecified atom stereocenters. The summed E-state index contributed by atoms with van der Waals surface area (Å²) in [6.07, 6.45) is 19.5. The SMILES string of the molecule is CCCCCCCCCCCCCCCCOCCOCCOCCOCCOCCOCCOCCOCCOCCOCCOCCOCCC(=O)OCC. The van der Waals surface area contributed by atoms with E-state index in [1.54, 1.807) is 6.92 Å². The van der Waals surface area contributed by atoms with E-state index < -0.39 is 0 Å². The van der Waals surface area contributed by atoms with Crippen molar-refractivity contribution in [3.63, 3.8) is 0 Å². The lowest BCUT2D eigenvalue weighted by Gasteiger charge is -2.09. The minimum absolute atomic E-state index is 0.249. The molecule has 0 aromatic rings. The second-order valence-corrected chi connectivity index (χ2v) is 13.5. The normalized spacial score (nSPS) is 11.5. The summed E-state index contributed by atoms with van der Waals surface area (Å²) in [6.45, 7) is 17.0. The van der Waals surface area contributed by atoms with Crippen LogP contribution in [-0.4, -0.2) is 171 Å². The molecule has 0 spiro atoms. The smallest absolute Gasteiger partial charge is 0.308 e. The molecular formula is C43H86O14. The summed E-state index contributed by atoms with van der Waals surface area (Å²) in [5, 5.41) is 0. The van der Waals surface area contributed by atoms with E-state index in [2.05, 4.69) is 6.92 Å². The molecule has 0 fully saturated rings. The van der Waals surface area contributed by atoms with E-state index >= 15 is 0 Å². The first kappa shape index (κ1) is 56.0. The molecular weight excluding hydrogens is 740 g/mol. The molecule has 0 aromatic heterocycles. The fraction of sp³-hybridized carbons (Fsp3) is 0.977. The third-order valence-electron chi connectivity index (χ3n) is 8.49. The van der Waals surface area contributed by atoms with Gasteiger partial charge in [-0.25, -0.2) is 0 Å². The van der Waals surface area contributed by atoms with Gasteiger partial charge in [0.25, 0.3) is 0 Å². The highest BCUT2D eigenvalue weighted by Crippen LogP contribution is 2.13. The topological polar surface area (TPSA) is 137 Å². The molecule has 0 aliphatic carbocycles. The zero-order chi connectivity index (χ0) is 41.1. The van der Waals surface area contributed by atoms with E-state index in [0.29, 0.717) is 159 Å². The minimum Gasteiger partial charge on any atom is -0.466 e. The fourth-order valence-corrected chi connectivity index (χ4v) is 5.31. The van der Waals surface area contributed by atoms with E-state index in [1.165, 1.54) is 83.5 Å². The number of carbonyl (C=O) groups excluding carboxylic acids is 1. The molecule has 0 atom stereocenters. The highest BCUT2D eigenvalue weighted by atomic mass is 16.6. The van der Waals surface area contributed by atoms with Gasteiger partial charge in [-0.15, -0.1) is 0 Å². The summed E-state index contributed by atoms with van der Waals surface area (Å²) < 4.78 is 70.8. The first-order valence-corrected chi connectivity index (χ1v) is 22.4. The van der Waals surface area contributed by atoms with Crippen LogP contribution in [0.2, 0.25) is 0 Å². The van der Waals surface area contributed by atoms with Gasteiger partial charge in [-0.1, -0.05) is 90.4 Å². The van der Waals surface area contributed by atoms with Crippen LogP contribution in [0, 0.1) is 0 Å². The molecule has 57 heavy (non-hydrogen) atoms. The summed E-state index contributed by atoms with van der Waals surface area (Å²) in [4.78, 5) is 11.2. The van der Waals surface area contributed by atoms with E-state index in [4.69, 9.17) is 61.6 Å². The lowest BCUT2D eigenvalue weighted by molar-refractivity contribution is -0.144. The van der Waals surface area contributed by atoms with Gasteiger partial charge in [0, 0.05) is 6.61 Å². The van der Waals surface area contributed by atoms with Crippen molar-refractivity contribution in [1.29, 1.82) is 0 Å². The number of carbonyl (C=O) groups is 1. The second kappa shape index (κ2) is 53.0. The van der Waals surface area contributed by atoms with Crippen molar-refractivity contribution in [2.24, 2.45) is 0 Å². The maximum atomic E-state index is 11.2. The average Bonchev–Trinajstić information content (AvgIpc) is 3.21. The summed E-state index contributed by atoms with van der Waals surface area (Å²) in [5.41, 5.74) is 0. The Morgan fingerprint density at radius 1 is 0.263 bits per heavy atom. The summed E-state index contributed by atoms with van der Waals surface area (Å²) >= 11 is 0. The lowest BCUT2D eigenvalue weighted by Crippen LogP contribution is -2.15. The first-order chi connectivity index (χ1) is 28.3. The highest BCUT2D eigenvalue weighted by molar-refractivity contribution is 5.69. The van der Waals surface area contributed by atoms with Crippen molar-refractivity contribution in [3.8, 4) is 0 Å². The van der Waals surface area contributed by atoms with Crippen molar-refractivity contribution in [2.75, 3.05) is 165 Å². The molecule has 0 radical (unpaired) electrons. The van der Waals surface area contributed by atoms with Gasteiger partial charge in [-0.3, -0.25) is 4.79 Å². The van der Waals surface area contributed by atoms with E-state index in [1.807, 2.05) is 0 Å². The van der Waals surface area contributed by atoms with Crippen LogP contribution in [0.5, 0.6) is 0 Å². The van der Waals surface area contributed by atoms with Gasteiger partial charge in [-0.2, -0.15) is 0 Å². The molecule has 0 N–H and O–H groups in total. The van der Waals surface area contributed by atoms with Crippen molar-refractivity contribution in [2.45, 2.75) is 110 Å². The predicted octanol–water partition coefficient (Wildman–Crippen LogP) is 6.62. The van der Waals surface area contributed by atoms with Gasteiger partial charge < -0.3 is 61.6 Å². The Bertz CT molecular complexity index is 736. The van der Waals surface area contributed by atoms with E-state index in [-0.39, 0.29) is 12.4 Å². The van der Waals surface area contributed by atoms with Gasteiger partial charge in [-0.05, 0) is 13.3 Å². The molecule has 0 aromatic carbocycles. The third-order valence-corrected chi connectivity index (χ3v) is 8.49. The Balaban J connectivity index is 3.07. The largest absolute Gasteiger partial charge is 0.466 e. The van der Waals surface area contributed by atoms with Crippen LogP contribution < -0.4 is 0 Å². The van der Waals surface area contributed by atoms with E-state index in [9.17, 15) is 4.79 Å². The van der Waals surface area contributed by atoms with Crippen molar-refractivity contribution in [3.05, 3.63) is 0 Å². The standard InChI is InChI=1S/C43H86O14/c1-3-5-6-7-8-9-10-11-12-13-14-15-16-17-19-45-21-23-47-25-27-49-29-31-51-33-35-53-37-39-55-41-42-56-40-38-54-36-34-52-32-30-50-28-26-48-24-22-46-20-18-43(44)57-4-2/h3-42H2,1-2H3. The van der Waals surface area contributed by atoms with Gasteiger partial charge in [0.15, 0.2) is 0 Å². The lowest BCUT2D eigenvalue weighted by atomic mass is 10.0. The second-order valence-electron chi connectivity index (χ2n) is 13.5. The Morgan fingerprint density at radius 3 is 0.719 bits per heavy atom. The number of hydrogen-bond acceptors (Lipinski definition) is 14. The maximum Gasteiger partial charge on any atom is 0.308 e. The van der Waals surface area contributed by atoms with Crippen LogP contribution in [0.1, 0.15) is 110 Å². The van der Waals surface area contributed by atoms with Crippen molar-refractivity contribution >= 4 is 5.97 Å². The minimum atomic E-state index is -0.249. The van der Waals surface area contributed by atoms with Gasteiger partial charge in [0.1, 0.15) is 0 Å². The van der Waals surface area contributed by atoms with Gasteiger partial charge >= 0.3 is 5.97 Å². The van der Waals surface area contributed by atoms with Gasteiger partial charge in [0.2, 0.25) is 0 Å². The number of rotatable bonds is 52. The zero-order valence-electron chi connectivity index (χ0n) is 36.5. The van der Waals surface area contributed by atoms with Crippen LogP contribution in [-0.2, 0) is 66.4 Å². The first-order valence-electron chi connectivity index (χ1n) is 22.4. The molecule has 342 valence electrons. The monoisotopic (exact) mass is 827 g/mol. The third kappa shape index (κ3) is 53.0. The predicted molar refractivity (Wildman–Crippen MR) is 221 cm³/mol. The number of hydrogen-bond donors (Lipinski definition) is 0. The Hall–Kier alpha value is -1.01.